The number of nitrogens with two attached hydrogens (primary N) is 1. The molecule has 0 fully saturated rings. The maximum absolute atomic E-state index is 12.3. The summed E-state index contributed by atoms with van der Waals surface area (Å²) in [6.07, 6.45) is 0. The van der Waals surface area contributed by atoms with E-state index in [1.165, 1.54) is 7.11 Å². The van der Waals surface area contributed by atoms with Gasteiger partial charge in [0.05, 0.1) is 19.8 Å². The van der Waals surface area contributed by atoms with Gasteiger partial charge in [-0.1, -0.05) is 30.3 Å². The van der Waals surface area contributed by atoms with Crippen molar-refractivity contribution in [3.05, 3.63) is 59.7 Å². The summed E-state index contributed by atoms with van der Waals surface area (Å²) in [5.74, 6) is 0.198. The fraction of sp³-hybridized carbons (Fsp3) is 0.188. The Morgan fingerprint density at radius 1 is 1.29 bits per heavy atom. The summed E-state index contributed by atoms with van der Waals surface area (Å²) >= 11 is 0. The lowest BCUT2D eigenvalue weighted by Gasteiger charge is -2.17. The molecule has 2 aromatic carbocycles. The zero-order chi connectivity index (χ0) is 15.2. The van der Waals surface area contributed by atoms with Crippen LogP contribution in [0.1, 0.15) is 22.0 Å². The minimum atomic E-state index is -0.467. The Bertz CT molecular complexity index is 614. The molecule has 5 nitrogen and oxygen atoms in total. The molecule has 0 radical (unpaired) electrons. The van der Waals surface area contributed by atoms with Gasteiger partial charge in [0, 0.05) is 17.3 Å². The van der Waals surface area contributed by atoms with Crippen molar-refractivity contribution in [2.75, 3.05) is 19.5 Å². The highest BCUT2D eigenvalue weighted by Crippen LogP contribution is 2.19. The van der Waals surface area contributed by atoms with E-state index in [4.69, 9.17) is 10.5 Å². The standard InChI is InChI=1S/C16H18N2O3/c1-21-14-8-12(7-13(17)9-14)16(20)18-15(10-19)11-5-3-2-4-6-11/h2-9,15,19H,10,17H2,1H3,(H,18,20)/t15-/m0/s1. The predicted octanol–water partition coefficient (Wildman–Crippen LogP) is 1.74. The van der Waals surface area contributed by atoms with Crippen molar-refractivity contribution < 1.29 is 14.6 Å². The lowest BCUT2D eigenvalue weighted by Crippen LogP contribution is -2.30. The van der Waals surface area contributed by atoms with Crippen LogP contribution in [0, 0.1) is 0 Å². The molecule has 110 valence electrons. The summed E-state index contributed by atoms with van der Waals surface area (Å²) < 4.78 is 5.09. The Labute approximate surface area is 123 Å². The first kappa shape index (κ1) is 14.9. The molecule has 0 spiro atoms. The molecule has 0 bridgehead atoms. The average molecular weight is 286 g/mol. The average Bonchev–Trinajstić information content (AvgIpc) is 2.52. The highest BCUT2D eigenvalue weighted by molar-refractivity contribution is 5.95. The van der Waals surface area contributed by atoms with E-state index < -0.39 is 6.04 Å². The van der Waals surface area contributed by atoms with Gasteiger partial charge < -0.3 is 20.9 Å². The van der Waals surface area contributed by atoms with Crippen molar-refractivity contribution in [2.45, 2.75) is 6.04 Å². The largest absolute Gasteiger partial charge is 0.497 e. The molecule has 21 heavy (non-hydrogen) atoms. The second kappa shape index (κ2) is 6.76. The van der Waals surface area contributed by atoms with E-state index in [0.717, 1.165) is 5.56 Å². The van der Waals surface area contributed by atoms with Crippen LogP contribution in [-0.4, -0.2) is 24.7 Å². The van der Waals surface area contributed by atoms with Gasteiger partial charge in [-0.05, 0) is 17.7 Å². The number of aliphatic hydroxyl groups is 1. The molecule has 0 saturated carbocycles. The third-order valence-corrected chi connectivity index (χ3v) is 3.12. The molecule has 0 heterocycles. The number of benzene rings is 2. The van der Waals surface area contributed by atoms with Gasteiger partial charge in [-0.25, -0.2) is 0 Å². The molecule has 0 aliphatic carbocycles. The van der Waals surface area contributed by atoms with Crippen LogP contribution in [0.15, 0.2) is 48.5 Å². The number of methoxy groups -OCH3 is 1. The summed E-state index contributed by atoms with van der Waals surface area (Å²) in [4.78, 5) is 12.3. The first-order valence-electron chi connectivity index (χ1n) is 6.55. The molecule has 0 aromatic heterocycles. The number of nitrogens with one attached hydrogen (secondary N) is 1. The second-order valence-corrected chi connectivity index (χ2v) is 4.61. The summed E-state index contributed by atoms with van der Waals surface area (Å²) in [5, 5.41) is 12.2. The smallest absolute Gasteiger partial charge is 0.252 e. The van der Waals surface area contributed by atoms with Crippen LogP contribution < -0.4 is 15.8 Å². The number of amides is 1. The highest BCUT2D eigenvalue weighted by atomic mass is 16.5. The van der Waals surface area contributed by atoms with Gasteiger partial charge in [0.2, 0.25) is 0 Å². The van der Waals surface area contributed by atoms with Crippen LogP contribution in [0.4, 0.5) is 5.69 Å². The van der Waals surface area contributed by atoms with Crippen molar-refractivity contribution in [1.29, 1.82) is 0 Å². The van der Waals surface area contributed by atoms with Crippen LogP contribution in [0.3, 0.4) is 0 Å². The van der Waals surface area contributed by atoms with Crippen molar-refractivity contribution >= 4 is 11.6 Å². The van der Waals surface area contributed by atoms with Crippen molar-refractivity contribution in [3.8, 4) is 5.75 Å². The van der Waals surface area contributed by atoms with Gasteiger partial charge in [-0.3, -0.25) is 4.79 Å². The molecule has 5 heteroatoms. The summed E-state index contributed by atoms with van der Waals surface area (Å²) in [6, 6.07) is 13.6. The molecule has 4 N–H and O–H groups in total. The molecular weight excluding hydrogens is 268 g/mol. The molecule has 0 aliphatic heterocycles. The van der Waals surface area contributed by atoms with Crippen LogP contribution in [-0.2, 0) is 0 Å². The van der Waals surface area contributed by atoms with E-state index in [9.17, 15) is 9.90 Å². The molecule has 2 rings (SSSR count). The van der Waals surface area contributed by atoms with Gasteiger partial charge >= 0.3 is 0 Å². The highest BCUT2D eigenvalue weighted by Gasteiger charge is 2.15. The number of carbonyl (C=O) groups excluding carboxylic acids is 1. The van der Waals surface area contributed by atoms with Gasteiger partial charge in [0.25, 0.3) is 5.91 Å². The minimum absolute atomic E-state index is 0.185. The third-order valence-electron chi connectivity index (χ3n) is 3.12. The fourth-order valence-electron chi connectivity index (χ4n) is 2.03. The fourth-order valence-corrected chi connectivity index (χ4v) is 2.03. The van der Waals surface area contributed by atoms with Crippen LogP contribution in [0.2, 0.25) is 0 Å². The number of rotatable bonds is 5. The number of ether oxygens (including phenoxy) is 1. The lowest BCUT2D eigenvalue weighted by molar-refractivity contribution is 0.0916. The maximum atomic E-state index is 12.3. The Morgan fingerprint density at radius 3 is 2.62 bits per heavy atom. The van der Waals surface area contributed by atoms with Crippen molar-refractivity contribution in [1.82, 2.24) is 5.32 Å². The number of nitrogen functional groups attached to an aromatic ring is 1. The molecule has 0 saturated heterocycles. The first-order chi connectivity index (χ1) is 10.1. The third kappa shape index (κ3) is 3.73. The zero-order valence-electron chi connectivity index (χ0n) is 11.7. The minimum Gasteiger partial charge on any atom is -0.497 e. The molecule has 1 amide bonds. The number of anilines is 1. The topological polar surface area (TPSA) is 84.6 Å². The maximum Gasteiger partial charge on any atom is 0.252 e. The number of hydrogen-bond donors (Lipinski definition) is 3. The summed E-state index contributed by atoms with van der Waals surface area (Å²) in [7, 11) is 1.51. The summed E-state index contributed by atoms with van der Waals surface area (Å²) in [5.41, 5.74) is 7.41. The Balaban J connectivity index is 2.18. The molecule has 0 aliphatic rings. The molecule has 1 atom stereocenters. The van der Waals surface area contributed by atoms with Gasteiger partial charge in [0.1, 0.15) is 5.75 Å². The van der Waals surface area contributed by atoms with Crippen LogP contribution in [0.5, 0.6) is 5.75 Å². The van der Waals surface area contributed by atoms with Crippen molar-refractivity contribution in [2.24, 2.45) is 0 Å². The second-order valence-electron chi connectivity index (χ2n) is 4.61. The number of carbonyl (C=O) groups is 1. The van der Waals surface area contributed by atoms with Crippen LogP contribution in [0.25, 0.3) is 0 Å². The Hall–Kier alpha value is -2.53. The van der Waals surface area contributed by atoms with Gasteiger partial charge in [0.15, 0.2) is 0 Å². The quantitative estimate of drug-likeness (QED) is 0.731. The van der Waals surface area contributed by atoms with E-state index in [2.05, 4.69) is 5.32 Å². The lowest BCUT2D eigenvalue weighted by atomic mass is 10.1. The normalized spacial score (nSPS) is 11.7. The number of aliphatic hydroxyl groups excluding tert-OH is 1. The molecule has 0 unspecified atom stereocenters. The van der Waals surface area contributed by atoms with Crippen molar-refractivity contribution in [3.63, 3.8) is 0 Å². The van der Waals surface area contributed by atoms with E-state index in [1.54, 1.807) is 18.2 Å². The SMILES string of the molecule is COc1cc(N)cc(C(=O)N[C@@H](CO)c2ccccc2)c1. The first-order valence-corrected chi connectivity index (χ1v) is 6.55. The van der Waals surface area contributed by atoms with Gasteiger partial charge in [-0.15, -0.1) is 0 Å². The predicted molar refractivity (Wildman–Crippen MR) is 81.1 cm³/mol. The molecular formula is C16H18N2O3. The molecule has 2 aromatic rings. The Kier molecular flexibility index (Phi) is 4.79. The zero-order valence-corrected chi connectivity index (χ0v) is 11.7. The van der Waals surface area contributed by atoms with E-state index >= 15 is 0 Å². The Morgan fingerprint density at radius 2 is 2.00 bits per heavy atom. The monoisotopic (exact) mass is 286 g/mol. The van der Waals surface area contributed by atoms with Gasteiger partial charge in [-0.2, -0.15) is 0 Å². The summed E-state index contributed by atoms with van der Waals surface area (Å²) in [6.45, 7) is -0.185. The van der Waals surface area contributed by atoms with E-state index in [-0.39, 0.29) is 12.5 Å². The van der Waals surface area contributed by atoms with E-state index in [0.29, 0.717) is 17.0 Å². The van der Waals surface area contributed by atoms with E-state index in [1.807, 2.05) is 30.3 Å². The van der Waals surface area contributed by atoms with Crippen LogP contribution >= 0.6 is 0 Å². The number of hydrogen-bond acceptors (Lipinski definition) is 4.